The third kappa shape index (κ3) is 5.13. The minimum absolute atomic E-state index is 0.0685. The van der Waals surface area contributed by atoms with Gasteiger partial charge in [-0.15, -0.1) is 0 Å². The fourth-order valence-electron chi connectivity index (χ4n) is 2.64. The maximum absolute atomic E-state index is 13.1. The molecule has 130 valence electrons. The molecule has 0 fully saturated rings. The van der Waals surface area contributed by atoms with E-state index in [0.717, 1.165) is 10.0 Å². The Morgan fingerprint density at radius 2 is 1.62 bits per heavy atom. The summed E-state index contributed by atoms with van der Waals surface area (Å²) in [5.41, 5.74) is 1.01. The number of sulfone groups is 1. The molecular weight excluding hydrogens is 393 g/mol. The van der Waals surface area contributed by atoms with E-state index in [4.69, 9.17) is 0 Å². The maximum Gasteiger partial charge on any atom is 0.183 e. The lowest BCUT2D eigenvalue weighted by Gasteiger charge is -2.19. The van der Waals surface area contributed by atoms with Gasteiger partial charge in [0, 0.05) is 16.0 Å². The summed E-state index contributed by atoms with van der Waals surface area (Å²) < 4.78 is 38.7. The first-order chi connectivity index (χ1) is 11.3. The molecule has 2 rings (SSSR count). The van der Waals surface area contributed by atoms with E-state index in [9.17, 15) is 12.8 Å². The second-order valence-corrected chi connectivity index (χ2v) is 9.14. The summed E-state index contributed by atoms with van der Waals surface area (Å²) in [6, 6.07) is 13.2. The molecule has 0 aliphatic heterocycles. The Bertz CT molecular complexity index is 759. The van der Waals surface area contributed by atoms with Crippen LogP contribution >= 0.6 is 15.9 Å². The SMILES string of the molecule is CC(C)[C@@H]([NH2+]CCS(=O)(=O)c1ccc(Br)cc1)c1ccc(F)cc1. The van der Waals surface area contributed by atoms with Gasteiger partial charge in [-0.2, -0.15) is 0 Å². The fraction of sp³-hybridized carbons (Fsp3) is 0.333. The highest BCUT2D eigenvalue weighted by Gasteiger charge is 2.21. The molecule has 0 bridgehead atoms. The predicted octanol–water partition coefficient (Wildman–Crippen LogP) is 3.32. The second-order valence-electron chi connectivity index (χ2n) is 6.12. The zero-order chi connectivity index (χ0) is 17.7. The normalized spacial score (nSPS) is 13.2. The van der Waals surface area contributed by atoms with Crippen molar-refractivity contribution in [2.45, 2.75) is 24.8 Å². The van der Waals surface area contributed by atoms with Crippen LogP contribution in [0.15, 0.2) is 57.9 Å². The van der Waals surface area contributed by atoms with Gasteiger partial charge in [0.15, 0.2) is 9.84 Å². The summed E-state index contributed by atoms with van der Waals surface area (Å²) in [6.07, 6.45) is 0. The third-order valence-corrected chi connectivity index (χ3v) is 6.25. The lowest BCUT2D eigenvalue weighted by atomic mass is 9.96. The van der Waals surface area contributed by atoms with Crippen molar-refractivity contribution in [2.75, 3.05) is 12.3 Å². The molecule has 0 aliphatic carbocycles. The van der Waals surface area contributed by atoms with Gasteiger partial charge in [0.2, 0.25) is 0 Å². The number of hydrogen-bond acceptors (Lipinski definition) is 2. The zero-order valence-electron chi connectivity index (χ0n) is 13.7. The van der Waals surface area contributed by atoms with Crippen LogP contribution in [0, 0.1) is 11.7 Å². The molecular formula is C18H22BrFNO2S+. The van der Waals surface area contributed by atoms with Gasteiger partial charge in [-0.3, -0.25) is 0 Å². The molecule has 0 aliphatic rings. The number of quaternary nitrogens is 1. The summed E-state index contributed by atoms with van der Waals surface area (Å²) in [7, 11) is -3.30. The lowest BCUT2D eigenvalue weighted by Crippen LogP contribution is -2.87. The second kappa shape index (κ2) is 8.23. The molecule has 6 heteroatoms. The van der Waals surface area contributed by atoms with Crippen molar-refractivity contribution in [3.05, 3.63) is 64.4 Å². The first-order valence-corrected chi connectivity index (χ1v) is 10.3. The molecule has 0 unspecified atom stereocenters. The first-order valence-electron chi connectivity index (χ1n) is 7.87. The molecule has 2 N–H and O–H groups in total. The molecule has 2 aromatic carbocycles. The van der Waals surface area contributed by atoms with Crippen LogP contribution in [0.4, 0.5) is 4.39 Å². The highest BCUT2D eigenvalue weighted by molar-refractivity contribution is 9.10. The molecule has 0 aromatic heterocycles. The molecule has 0 saturated carbocycles. The molecule has 3 nitrogen and oxygen atoms in total. The average Bonchev–Trinajstić information content (AvgIpc) is 2.53. The van der Waals surface area contributed by atoms with Gasteiger partial charge in [0.1, 0.15) is 17.6 Å². The highest BCUT2D eigenvalue weighted by atomic mass is 79.9. The van der Waals surface area contributed by atoms with Crippen molar-refractivity contribution < 1.29 is 18.1 Å². The topological polar surface area (TPSA) is 50.8 Å². The van der Waals surface area contributed by atoms with E-state index in [1.165, 1.54) is 12.1 Å². The fourth-order valence-corrected chi connectivity index (χ4v) is 4.14. The smallest absolute Gasteiger partial charge is 0.183 e. The quantitative estimate of drug-likeness (QED) is 0.755. The summed E-state index contributed by atoms with van der Waals surface area (Å²) in [5.74, 6) is 0.115. The van der Waals surface area contributed by atoms with Crippen molar-refractivity contribution in [2.24, 2.45) is 5.92 Å². The van der Waals surface area contributed by atoms with Gasteiger partial charge < -0.3 is 5.32 Å². The molecule has 0 radical (unpaired) electrons. The van der Waals surface area contributed by atoms with E-state index in [2.05, 4.69) is 29.8 Å². The minimum atomic E-state index is -3.30. The Balaban J connectivity index is 2.02. The monoisotopic (exact) mass is 414 g/mol. The van der Waals surface area contributed by atoms with E-state index >= 15 is 0 Å². The van der Waals surface area contributed by atoms with E-state index in [0.29, 0.717) is 17.4 Å². The molecule has 24 heavy (non-hydrogen) atoms. The van der Waals surface area contributed by atoms with E-state index in [1.54, 1.807) is 36.4 Å². The first kappa shape index (κ1) is 19.1. The predicted molar refractivity (Wildman–Crippen MR) is 97.0 cm³/mol. The number of hydrogen-bond donors (Lipinski definition) is 1. The van der Waals surface area contributed by atoms with Crippen LogP contribution in [0.25, 0.3) is 0 Å². The molecule has 0 heterocycles. The van der Waals surface area contributed by atoms with Crippen LogP contribution in [0.1, 0.15) is 25.5 Å². The van der Waals surface area contributed by atoms with Crippen LogP contribution in [0.2, 0.25) is 0 Å². The van der Waals surface area contributed by atoms with Gasteiger partial charge in [0.25, 0.3) is 0 Å². The van der Waals surface area contributed by atoms with Crippen molar-refractivity contribution in [3.63, 3.8) is 0 Å². The number of benzene rings is 2. The van der Waals surface area contributed by atoms with E-state index in [-0.39, 0.29) is 17.6 Å². The number of rotatable bonds is 7. The molecule has 0 spiro atoms. The third-order valence-electron chi connectivity index (χ3n) is 3.95. The van der Waals surface area contributed by atoms with Crippen molar-refractivity contribution >= 4 is 25.8 Å². The van der Waals surface area contributed by atoms with Crippen molar-refractivity contribution in [1.29, 1.82) is 0 Å². The van der Waals surface area contributed by atoms with Gasteiger partial charge in [-0.25, -0.2) is 12.8 Å². The van der Waals surface area contributed by atoms with Gasteiger partial charge in [-0.1, -0.05) is 41.9 Å². The number of nitrogens with two attached hydrogens (primary N) is 1. The summed E-state index contributed by atoms with van der Waals surface area (Å²) in [5, 5.41) is 2.02. The number of halogens is 2. The maximum atomic E-state index is 13.1. The zero-order valence-corrected chi connectivity index (χ0v) is 16.1. The Labute approximate surface area is 151 Å². The van der Waals surface area contributed by atoms with Crippen molar-refractivity contribution in [1.82, 2.24) is 0 Å². The van der Waals surface area contributed by atoms with E-state index in [1.807, 2.05) is 5.32 Å². The molecule has 1 atom stereocenters. The van der Waals surface area contributed by atoms with Crippen LogP contribution in [-0.2, 0) is 9.84 Å². The van der Waals surface area contributed by atoms with Gasteiger partial charge in [-0.05, 0) is 36.4 Å². The summed E-state index contributed by atoms with van der Waals surface area (Å²) >= 11 is 3.30. The van der Waals surface area contributed by atoms with Crippen LogP contribution in [0.5, 0.6) is 0 Å². The Morgan fingerprint density at radius 3 is 2.17 bits per heavy atom. The Morgan fingerprint density at radius 1 is 1.04 bits per heavy atom. The Hall–Kier alpha value is -1.24. The summed E-state index contributed by atoms with van der Waals surface area (Å²) in [6.45, 7) is 4.61. The van der Waals surface area contributed by atoms with E-state index < -0.39 is 9.84 Å². The highest BCUT2D eigenvalue weighted by Crippen LogP contribution is 2.18. The largest absolute Gasteiger partial charge is 0.339 e. The van der Waals surface area contributed by atoms with Crippen LogP contribution in [0.3, 0.4) is 0 Å². The molecule has 2 aromatic rings. The average molecular weight is 415 g/mol. The Kier molecular flexibility index (Phi) is 6.54. The van der Waals surface area contributed by atoms with Crippen LogP contribution in [-0.4, -0.2) is 20.7 Å². The summed E-state index contributed by atoms with van der Waals surface area (Å²) in [4.78, 5) is 0.335. The standard InChI is InChI=1S/C18H21BrFNO2S/c1-13(2)18(14-3-7-16(20)8-4-14)21-11-12-24(22,23)17-9-5-15(19)6-10-17/h3-10,13,18,21H,11-12H2,1-2H3/p+1/t18-/m1/s1. The molecule has 0 saturated heterocycles. The van der Waals surface area contributed by atoms with Gasteiger partial charge in [0.05, 0.1) is 11.4 Å². The van der Waals surface area contributed by atoms with Crippen LogP contribution < -0.4 is 5.32 Å². The van der Waals surface area contributed by atoms with Crippen molar-refractivity contribution in [3.8, 4) is 0 Å². The molecule has 0 amide bonds. The minimum Gasteiger partial charge on any atom is -0.339 e. The van der Waals surface area contributed by atoms with Gasteiger partial charge >= 0.3 is 0 Å². The lowest BCUT2D eigenvalue weighted by molar-refractivity contribution is -0.698.